The zero-order valence-corrected chi connectivity index (χ0v) is 8.99. The highest BCUT2D eigenvalue weighted by Gasteiger charge is 2.11. The van der Waals surface area contributed by atoms with Gasteiger partial charge in [-0.25, -0.2) is 0 Å². The van der Waals surface area contributed by atoms with Crippen LogP contribution in [0.4, 0.5) is 0 Å². The van der Waals surface area contributed by atoms with Gasteiger partial charge in [0, 0.05) is 20.0 Å². The lowest BCUT2D eigenvalue weighted by molar-refractivity contribution is -0.129. The lowest BCUT2D eigenvalue weighted by Crippen LogP contribution is -2.29. The molecule has 1 atom stereocenters. The van der Waals surface area contributed by atoms with Crippen molar-refractivity contribution in [1.82, 2.24) is 4.90 Å². The molecule has 0 aliphatic carbocycles. The maximum absolute atomic E-state index is 11.5. The minimum Gasteiger partial charge on any atom is -0.497 e. The zero-order chi connectivity index (χ0) is 10.6. The topological polar surface area (TPSA) is 29.5 Å². The molecule has 0 saturated heterocycles. The molecule has 0 bridgehead atoms. The van der Waals surface area contributed by atoms with E-state index in [2.05, 4.69) is 13.0 Å². The van der Waals surface area contributed by atoms with Gasteiger partial charge in [0.15, 0.2) is 0 Å². The van der Waals surface area contributed by atoms with Gasteiger partial charge in [-0.05, 0) is 18.1 Å². The summed E-state index contributed by atoms with van der Waals surface area (Å²) >= 11 is 0. The zero-order valence-electron chi connectivity index (χ0n) is 8.99. The molecule has 0 aromatic heterocycles. The van der Waals surface area contributed by atoms with Crippen molar-refractivity contribution in [2.45, 2.75) is 13.3 Å². The van der Waals surface area contributed by atoms with Crippen LogP contribution in [0.5, 0.6) is 0 Å². The number of rotatable bonds is 1. The number of hydrogen-bond acceptors (Lipinski definition) is 2. The first kappa shape index (κ1) is 10.8. The van der Waals surface area contributed by atoms with E-state index in [4.69, 9.17) is 4.74 Å². The lowest BCUT2D eigenvalue weighted by Gasteiger charge is -2.18. The van der Waals surface area contributed by atoms with Gasteiger partial charge in [0.05, 0.1) is 7.11 Å². The first-order valence-electron chi connectivity index (χ1n) is 4.79. The van der Waals surface area contributed by atoms with Gasteiger partial charge in [-0.3, -0.25) is 4.79 Å². The first-order valence-corrected chi connectivity index (χ1v) is 4.79. The van der Waals surface area contributed by atoms with Crippen LogP contribution in [0.1, 0.15) is 13.3 Å². The quantitative estimate of drug-likeness (QED) is 0.635. The van der Waals surface area contributed by atoms with E-state index in [1.165, 1.54) is 0 Å². The monoisotopic (exact) mass is 195 g/mol. The van der Waals surface area contributed by atoms with Crippen molar-refractivity contribution in [3.8, 4) is 0 Å². The van der Waals surface area contributed by atoms with Gasteiger partial charge < -0.3 is 9.64 Å². The van der Waals surface area contributed by atoms with Gasteiger partial charge in [-0.1, -0.05) is 13.0 Å². The van der Waals surface area contributed by atoms with Crippen molar-refractivity contribution in [2.75, 3.05) is 20.7 Å². The summed E-state index contributed by atoms with van der Waals surface area (Å²) in [6.07, 6.45) is 6.21. The molecule has 0 spiro atoms. The molecule has 0 fully saturated rings. The maximum atomic E-state index is 11.5. The molecule has 1 heterocycles. The number of methoxy groups -OCH3 is 1. The summed E-state index contributed by atoms with van der Waals surface area (Å²) in [4.78, 5) is 13.3. The second-order valence-electron chi connectivity index (χ2n) is 3.63. The Morgan fingerprint density at radius 1 is 1.57 bits per heavy atom. The molecule has 1 aliphatic heterocycles. The highest BCUT2D eigenvalue weighted by Crippen LogP contribution is 2.10. The Morgan fingerprint density at radius 2 is 2.29 bits per heavy atom. The molecule has 3 heteroatoms. The van der Waals surface area contributed by atoms with E-state index in [0.717, 1.165) is 12.3 Å². The average molecular weight is 195 g/mol. The molecular formula is C11H17NO2. The molecule has 3 nitrogen and oxygen atoms in total. The Kier molecular flexibility index (Phi) is 3.74. The van der Waals surface area contributed by atoms with E-state index in [0.29, 0.717) is 12.3 Å². The summed E-state index contributed by atoms with van der Waals surface area (Å²) in [5.74, 6) is 1.26. The summed E-state index contributed by atoms with van der Waals surface area (Å²) < 4.78 is 5.12. The Morgan fingerprint density at radius 3 is 2.93 bits per heavy atom. The standard InChI is InChI=1S/C11H17NO2/c1-9-4-5-10(14-3)6-7-11(13)12(2)8-9/h4-6,9H,7-8H2,1-3H3. The van der Waals surface area contributed by atoms with E-state index < -0.39 is 0 Å². The normalized spacial score (nSPS) is 23.6. The highest BCUT2D eigenvalue weighted by molar-refractivity contribution is 5.77. The molecule has 14 heavy (non-hydrogen) atoms. The fraction of sp³-hybridized carbons (Fsp3) is 0.545. The molecule has 1 rings (SSSR count). The molecule has 0 aromatic rings. The third kappa shape index (κ3) is 2.91. The van der Waals surface area contributed by atoms with Gasteiger partial charge >= 0.3 is 0 Å². The number of carbonyl (C=O) groups excluding carboxylic acids is 1. The van der Waals surface area contributed by atoms with Crippen LogP contribution >= 0.6 is 0 Å². The van der Waals surface area contributed by atoms with Gasteiger partial charge in [-0.15, -0.1) is 0 Å². The Hall–Kier alpha value is -1.25. The minimum atomic E-state index is 0.134. The maximum Gasteiger partial charge on any atom is 0.226 e. The molecule has 1 amide bonds. The van der Waals surface area contributed by atoms with Gasteiger partial charge in [0.25, 0.3) is 0 Å². The van der Waals surface area contributed by atoms with E-state index in [-0.39, 0.29) is 5.91 Å². The largest absolute Gasteiger partial charge is 0.497 e. The van der Waals surface area contributed by atoms with Gasteiger partial charge in [0.2, 0.25) is 5.91 Å². The number of ether oxygens (including phenoxy) is 1. The van der Waals surface area contributed by atoms with Crippen molar-refractivity contribution in [3.63, 3.8) is 0 Å². The lowest BCUT2D eigenvalue weighted by atomic mass is 10.1. The Labute approximate surface area is 85.0 Å². The van der Waals surface area contributed by atoms with Crippen molar-refractivity contribution >= 4 is 5.91 Å². The summed E-state index contributed by atoms with van der Waals surface area (Å²) in [6.45, 7) is 2.85. The summed E-state index contributed by atoms with van der Waals surface area (Å²) in [7, 11) is 3.45. The number of allylic oxidation sites excluding steroid dienone is 1. The predicted octanol–water partition coefficient (Wildman–Crippen LogP) is 1.57. The second-order valence-corrected chi connectivity index (χ2v) is 3.63. The third-order valence-electron chi connectivity index (χ3n) is 2.29. The van der Waals surface area contributed by atoms with Crippen LogP contribution < -0.4 is 0 Å². The van der Waals surface area contributed by atoms with E-state index in [1.807, 2.05) is 19.2 Å². The highest BCUT2D eigenvalue weighted by atomic mass is 16.5. The third-order valence-corrected chi connectivity index (χ3v) is 2.29. The molecule has 0 radical (unpaired) electrons. The van der Waals surface area contributed by atoms with Crippen LogP contribution in [0.2, 0.25) is 0 Å². The Balaban J connectivity index is 2.80. The van der Waals surface area contributed by atoms with E-state index >= 15 is 0 Å². The molecule has 1 aliphatic rings. The number of amides is 1. The van der Waals surface area contributed by atoms with Gasteiger partial charge in [0.1, 0.15) is 5.76 Å². The SMILES string of the molecule is COC1=CCC(=O)N(C)CC(C)C=C1. The smallest absolute Gasteiger partial charge is 0.226 e. The molecule has 0 aromatic carbocycles. The number of hydrogen-bond donors (Lipinski definition) is 0. The van der Waals surface area contributed by atoms with Crippen molar-refractivity contribution in [3.05, 3.63) is 24.0 Å². The van der Waals surface area contributed by atoms with Crippen LogP contribution in [-0.2, 0) is 9.53 Å². The minimum absolute atomic E-state index is 0.134. The van der Waals surface area contributed by atoms with Crippen LogP contribution in [0.25, 0.3) is 0 Å². The van der Waals surface area contributed by atoms with Crippen LogP contribution in [0.15, 0.2) is 24.0 Å². The van der Waals surface area contributed by atoms with Gasteiger partial charge in [-0.2, -0.15) is 0 Å². The van der Waals surface area contributed by atoms with E-state index in [9.17, 15) is 4.79 Å². The van der Waals surface area contributed by atoms with Crippen molar-refractivity contribution in [1.29, 1.82) is 0 Å². The summed E-state index contributed by atoms with van der Waals surface area (Å²) in [5.41, 5.74) is 0. The average Bonchev–Trinajstić information content (AvgIpc) is 2.21. The summed E-state index contributed by atoms with van der Waals surface area (Å²) in [5, 5.41) is 0. The fourth-order valence-electron chi connectivity index (χ4n) is 1.42. The van der Waals surface area contributed by atoms with Crippen LogP contribution in [0.3, 0.4) is 0 Å². The first-order chi connectivity index (χ1) is 6.63. The molecule has 78 valence electrons. The van der Waals surface area contributed by atoms with Crippen molar-refractivity contribution < 1.29 is 9.53 Å². The fourth-order valence-corrected chi connectivity index (χ4v) is 1.42. The second kappa shape index (κ2) is 4.84. The van der Waals surface area contributed by atoms with Crippen molar-refractivity contribution in [2.24, 2.45) is 5.92 Å². The Bertz CT molecular complexity index is 268. The number of nitrogens with zero attached hydrogens (tertiary/aromatic N) is 1. The molecule has 0 N–H and O–H groups in total. The molecule has 0 saturated carbocycles. The molecule has 1 unspecified atom stereocenters. The summed E-state index contributed by atoms with van der Waals surface area (Å²) in [6, 6.07) is 0. The van der Waals surface area contributed by atoms with E-state index in [1.54, 1.807) is 12.0 Å². The predicted molar refractivity (Wildman–Crippen MR) is 55.7 cm³/mol. The molecular weight excluding hydrogens is 178 g/mol. The number of carbonyl (C=O) groups is 1. The van der Waals surface area contributed by atoms with Crippen LogP contribution in [0, 0.1) is 5.92 Å². The van der Waals surface area contributed by atoms with Crippen LogP contribution in [-0.4, -0.2) is 31.5 Å².